The lowest BCUT2D eigenvalue weighted by Gasteiger charge is -2.36. The summed E-state index contributed by atoms with van der Waals surface area (Å²) in [5.41, 5.74) is 2.94. The van der Waals surface area contributed by atoms with E-state index < -0.39 is 0 Å². The highest BCUT2D eigenvalue weighted by molar-refractivity contribution is 5.99. The SMILES string of the molecule is CCN(CC)C(=O)N1CCN(CC(=O)c2cc(C)n(C)c2C)CC1. The van der Waals surface area contributed by atoms with Crippen molar-refractivity contribution in [2.24, 2.45) is 7.05 Å². The Bertz CT molecular complexity index is 596. The van der Waals surface area contributed by atoms with Gasteiger partial charge in [-0.2, -0.15) is 0 Å². The number of piperazine rings is 1. The standard InChI is InChI=1S/C18H30N4O2/c1-6-21(7-2)18(24)22-10-8-20(9-11-22)13-17(23)16-12-14(3)19(5)15(16)4/h12H,6-11,13H2,1-5H3. The van der Waals surface area contributed by atoms with Crippen LogP contribution < -0.4 is 0 Å². The van der Waals surface area contributed by atoms with E-state index in [9.17, 15) is 9.59 Å². The first-order valence-corrected chi connectivity index (χ1v) is 8.81. The highest BCUT2D eigenvalue weighted by atomic mass is 16.2. The minimum Gasteiger partial charge on any atom is -0.351 e. The van der Waals surface area contributed by atoms with E-state index in [-0.39, 0.29) is 11.8 Å². The Balaban J connectivity index is 1.90. The fourth-order valence-electron chi connectivity index (χ4n) is 3.22. The van der Waals surface area contributed by atoms with Crippen LogP contribution in [-0.4, -0.2) is 76.9 Å². The summed E-state index contributed by atoms with van der Waals surface area (Å²) < 4.78 is 2.05. The van der Waals surface area contributed by atoms with Crippen LogP contribution in [-0.2, 0) is 7.05 Å². The van der Waals surface area contributed by atoms with Gasteiger partial charge in [-0.3, -0.25) is 9.69 Å². The van der Waals surface area contributed by atoms with Crippen LogP contribution in [0.5, 0.6) is 0 Å². The molecule has 1 aromatic rings. The van der Waals surface area contributed by atoms with E-state index in [1.54, 1.807) is 0 Å². The number of nitrogens with zero attached hydrogens (tertiary/aromatic N) is 4. The third-order valence-electron chi connectivity index (χ3n) is 5.12. The molecule has 0 unspecified atom stereocenters. The van der Waals surface area contributed by atoms with Crippen LogP contribution in [0.1, 0.15) is 35.6 Å². The minimum atomic E-state index is 0.112. The summed E-state index contributed by atoms with van der Waals surface area (Å²) in [6.07, 6.45) is 0. The van der Waals surface area contributed by atoms with Gasteiger partial charge in [0.05, 0.1) is 6.54 Å². The summed E-state index contributed by atoms with van der Waals surface area (Å²) in [5.74, 6) is 0.166. The molecule has 1 aliphatic rings. The second-order valence-corrected chi connectivity index (χ2v) is 6.49. The summed E-state index contributed by atoms with van der Waals surface area (Å²) in [5, 5.41) is 0. The van der Waals surface area contributed by atoms with Gasteiger partial charge < -0.3 is 14.4 Å². The molecule has 1 aliphatic heterocycles. The zero-order valence-electron chi connectivity index (χ0n) is 15.6. The van der Waals surface area contributed by atoms with Gasteiger partial charge in [-0.25, -0.2) is 4.79 Å². The Hall–Kier alpha value is -1.82. The molecule has 6 heteroatoms. The number of ketones is 1. The van der Waals surface area contributed by atoms with Crippen molar-refractivity contribution in [3.8, 4) is 0 Å². The predicted octanol–water partition coefficient (Wildman–Crippen LogP) is 1.90. The number of urea groups is 1. The Morgan fingerprint density at radius 2 is 1.67 bits per heavy atom. The molecule has 0 saturated carbocycles. The molecule has 0 aromatic carbocycles. The van der Waals surface area contributed by atoms with Gasteiger partial charge in [-0.15, -0.1) is 0 Å². The van der Waals surface area contributed by atoms with Crippen LogP contribution in [0.2, 0.25) is 0 Å². The lowest BCUT2D eigenvalue weighted by molar-refractivity contribution is 0.0853. The van der Waals surface area contributed by atoms with Gasteiger partial charge in [0, 0.05) is 63.3 Å². The maximum Gasteiger partial charge on any atom is 0.320 e. The molecule has 1 saturated heterocycles. The van der Waals surface area contributed by atoms with E-state index in [4.69, 9.17) is 0 Å². The van der Waals surface area contributed by atoms with E-state index in [2.05, 4.69) is 4.90 Å². The van der Waals surface area contributed by atoms with Crippen LogP contribution >= 0.6 is 0 Å². The molecule has 2 amide bonds. The van der Waals surface area contributed by atoms with E-state index in [1.165, 1.54) is 0 Å². The molecule has 0 bridgehead atoms. The van der Waals surface area contributed by atoms with Crippen LogP contribution in [0.4, 0.5) is 4.79 Å². The molecule has 0 N–H and O–H groups in total. The quantitative estimate of drug-likeness (QED) is 0.773. The van der Waals surface area contributed by atoms with Gasteiger partial charge in [-0.1, -0.05) is 0 Å². The second kappa shape index (κ2) is 7.83. The fraction of sp³-hybridized carbons (Fsp3) is 0.667. The van der Waals surface area contributed by atoms with Crippen LogP contribution in [0.3, 0.4) is 0 Å². The van der Waals surface area contributed by atoms with Crippen molar-refractivity contribution in [1.82, 2.24) is 19.3 Å². The summed E-state index contributed by atoms with van der Waals surface area (Å²) in [7, 11) is 1.99. The van der Waals surface area contributed by atoms with Crippen molar-refractivity contribution in [3.05, 3.63) is 23.0 Å². The van der Waals surface area contributed by atoms with Crippen LogP contribution in [0.15, 0.2) is 6.07 Å². The molecule has 0 spiro atoms. The summed E-state index contributed by atoms with van der Waals surface area (Å²) in [4.78, 5) is 30.8. The van der Waals surface area contributed by atoms with Gasteiger partial charge in [0.2, 0.25) is 0 Å². The first-order valence-electron chi connectivity index (χ1n) is 8.81. The normalized spacial score (nSPS) is 15.6. The first-order chi connectivity index (χ1) is 11.4. The number of hydrogen-bond acceptors (Lipinski definition) is 3. The van der Waals surface area contributed by atoms with Crippen LogP contribution in [0, 0.1) is 13.8 Å². The zero-order valence-corrected chi connectivity index (χ0v) is 15.6. The van der Waals surface area contributed by atoms with Gasteiger partial charge in [0.25, 0.3) is 0 Å². The van der Waals surface area contributed by atoms with E-state index in [0.717, 1.165) is 43.1 Å². The fourth-order valence-corrected chi connectivity index (χ4v) is 3.22. The van der Waals surface area contributed by atoms with Crippen molar-refractivity contribution in [2.45, 2.75) is 27.7 Å². The Labute approximate surface area is 145 Å². The number of amides is 2. The predicted molar refractivity (Wildman–Crippen MR) is 95.5 cm³/mol. The van der Waals surface area contributed by atoms with Crippen molar-refractivity contribution >= 4 is 11.8 Å². The molecule has 0 aliphatic carbocycles. The lowest BCUT2D eigenvalue weighted by Crippen LogP contribution is -2.53. The molecule has 2 rings (SSSR count). The van der Waals surface area contributed by atoms with E-state index in [0.29, 0.717) is 19.6 Å². The van der Waals surface area contributed by atoms with E-state index >= 15 is 0 Å². The third-order valence-corrected chi connectivity index (χ3v) is 5.12. The maximum atomic E-state index is 12.6. The Kier molecular flexibility index (Phi) is 6.04. The molecule has 0 radical (unpaired) electrons. The number of carbonyl (C=O) groups excluding carboxylic acids is 2. The highest BCUT2D eigenvalue weighted by Crippen LogP contribution is 2.15. The number of Topliss-reactive ketones (excluding diaryl/α,β-unsaturated/α-hetero) is 1. The molecule has 1 aromatic heterocycles. The lowest BCUT2D eigenvalue weighted by atomic mass is 10.1. The summed E-state index contributed by atoms with van der Waals surface area (Å²) in [6, 6.07) is 2.08. The average molecular weight is 334 g/mol. The average Bonchev–Trinajstić information content (AvgIpc) is 2.84. The van der Waals surface area contributed by atoms with Crippen molar-refractivity contribution < 1.29 is 9.59 Å². The molecule has 2 heterocycles. The van der Waals surface area contributed by atoms with Crippen molar-refractivity contribution in [1.29, 1.82) is 0 Å². The number of aromatic nitrogens is 1. The largest absolute Gasteiger partial charge is 0.351 e. The molecular weight excluding hydrogens is 304 g/mol. The number of rotatable bonds is 5. The molecule has 134 valence electrons. The third kappa shape index (κ3) is 3.80. The monoisotopic (exact) mass is 334 g/mol. The summed E-state index contributed by atoms with van der Waals surface area (Å²) in [6.45, 7) is 12.8. The topological polar surface area (TPSA) is 48.8 Å². The zero-order chi connectivity index (χ0) is 17.9. The molecule has 1 fully saturated rings. The van der Waals surface area contributed by atoms with Gasteiger partial charge >= 0.3 is 6.03 Å². The van der Waals surface area contributed by atoms with Crippen LogP contribution in [0.25, 0.3) is 0 Å². The maximum absolute atomic E-state index is 12.6. The van der Waals surface area contributed by atoms with Gasteiger partial charge in [0.15, 0.2) is 5.78 Å². The first kappa shape index (κ1) is 18.5. The van der Waals surface area contributed by atoms with Gasteiger partial charge in [-0.05, 0) is 33.8 Å². The van der Waals surface area contributed by atoms with Crippen molar-refractivity contribution in [3.63, 3.8) is 0 Å². The molecule has 6 nitrogen and oxygen atoms in total. The summed E-state index contributed by atoms with van der Waals surface area (Å²) >= 11 is 0. The van der Waals surface area contributed by atoms with E-state index in [1.807, 2.05) is 55.2 Å². The van der Waals surface area contributed by atoms with Gasteiger partial charge in [0.1, 0.15) is 0 Å². The van der Waals surface area contributed by atoms with Crippen molar-refractivity contribution in [2.75, 3.05) is 45.8 Å². The second-order valence-electron chi connectivity index (χ2n) is 6.49. The highest BCUT2D eigenvalue weighted by Gasteiger charge is 2.25. The minimum absolute atomic E-state index is 0.112. The Morgan fingerprint density at radius 3 is 2.12 bits per heavy atom. The number of aryl methyl sites for hydroxylation is 1. The molecule has 0 atom stereocenters. The number of hydrogen-bond donors (Lipinski definition) is 0. The smallest absolute Gasteiger partial charge is 0.320 e. The number of carbonyl (C=O) groups is 2. The Morgan fingerprint density at radius 1 is 1.08 bits per heavy atom. The molecular formula is C18H30N4O2. The molecule has 24 heavy (non-hydrogen) atoms.